The number of carbonyl (C=O) groups excluding carboxylic acids is 2. The van der Waals surface area contributed by atoms with Crippen molar-refractivity contribution in [1.82, 2.24) is 9.55 Å². The standard InChI is InChI=1S/C39H54N2O14P2/c1-4-6-8-10-12-14-37(43)54-33-21-17-31(18-22-33)27-51-57(48,50-26-30-15-19-32(20-16-30)53-36(42)13-11-9-7-5-2)55-56(46,47)49-28-34-23-24-35(52-34)41-25-29(3)38(44)40-39(41)45/h15-22,25,34-35H,4-14,23-24,26-28H2,1-3H3,(H,46,47)(H,40,44,45)/t34-,35+,57?/m0/s1. The summed E-state index contributed by atoms with van der Waals surface area (Å²) in [4.78, 5) is 61.4. The van der Waals surface area contributed by atoms with Crippen LogP contribution in [0.5, 0.6) is 11.5 Å². The summed E-state index contributed by atoms with van der Waals surface area (Å²) in [6.45, 7) is 4.49. The maximum absolute atomic E-state index is 13.9. The van der Waals surface area contributed by atoms with E-state index >= 15 is 0 Å². The number of nitrogens with zero attached hydrogens (tertiary/aromatic N) is 1. The lowest BCUT2D eigenvalue weighted by Gasteiger charge is -2.22. The van der Waals surface area contributed by atoms with Gasteiger partial charge in [0.1, 0.15) is 17.7 Å². The van der Waals surface area contributed by atoms with Crippen LogP contribution in [0.15, 0.2) is 64.3 Å². The molecule has 4 atom stereocenters. The van der Waals surface area contributed by atoms with Crippen molar-refractivity contribution < 1.29 is 55.7 Å². The summed E-state index contributed by atoms with van der Waals surface area (Å²) < 4.78 is 66.2. The summed E-state index contributed by atoms with van der Waals surface area (Å²) in [7, 11) is -9.97. The molecular formula is C39H54N2O14P2. The van der Waals surface area contributed by atoms with Gasteiger partial charge in [0.25, 0.3) is 5.56 Å². The molecule has 0 amide bonds. The Morgan fingerprint density at radius 2 is 1.28 bits per heavy atom. The molecule has 3 aromatic rings. The molecule has 0 spiro atoms. The molecule has 4 rings (SSSR count). The van der Waals surface area contributed by atoms with Crippen molar-refractivity contribution in [2.75, 3.05) is 6.61 Å². The third-order valence-electron chi connectivity index (χ3n) is 8.98. The lowest BCUT2D eigenvalue weighted by molar-refractivity contribution is -0.135. The Hall–Kier alpha value is -3.72. The molecule has 2 aromatic carbocycles. The predicted octanol–water partition coefficient (Wildman–Crippen LogP) is 8.34. The minimum atomic E-state index is -5.13. The normalized spacial score (nSPS) is 17.5. The molecule has 1 aliphatic rings. The molecule has 2 heterocycles. The van der Waals surface area contributed by atoms with E-state index in [-0.39, 0.29) is 11.9 Å². The Bertz CT molecular complexity index is 1950. The van der Waals surface area contributed by atoms with Gasteiger partial charge >= 0.3 is 33.3 Å². The van der Waals surface area contributed by atoms with Crippen molar-refractivity contribution in [3.8, 4) is 11.5 Å². The zero-order valence-electron chi connectivity index (χ0n) is 32.8. The minimum absolute atomic E-state index is 0.293. The third-order valence-corrected chi connectivity index (χ3v) is 12.0. The molecule has 57 heavy (non-hydrogen) atoms. The second kappa shape index (κ2) is 23.0. The van der Waals surface area contributed by atoms with Gasteiger partial charge in [-0.3, -0.25) is 37.5 Å². The number of benzene rings is 2. The van der Waals surface area contributed by atoms with E-state index in [2.05, 4.69) is 18.8 Å². The summed E-state index contributed by atoms with van der Waals surface area (Å²) in [6.07, 6.45) is 9.85. The number of H-pyrrole nitrogens is 1. The average Bonchev–Trinajstić information content (AvgIpc) is 3.65. The average molecular weight is 837 g/mol. The van der Waals surface area contributed by atoms with Crippen molar-refractivity contribution in [1.29, 1.82) is 0 Å². The molecule has 0 radical (unpaired) electrons. The van der Waals surface area contributed by atoms with E-state index in [1.54, 1.807) is 31.2 Å². The van der Waals surface area contributed by atoms with Crippen molar-refractivity contribution in [2.45, 2.75) is 130 Å². The van der Waals surface area contributed by atoms with E-state index in [0.29, 0.717) is 53.9 Å². The zero-order chi connectivity index (χ0) is 41.3. The number of ether oxygens (including phenoxy) is 3. The number of aromatic amines is 1. The molecule has 1 aliphatic heterocycles. The van der Waals surface area contributed by atoms with Crippen molar-refractivity contribution in [2.24, 2.45) is 0 Å². The van der Waals surface area contributed by atoms with Gasteiger partial charge in [0.2, 0.25) is 0 Å². The molecular weight excluding hydrogens is 782 g/mol. The molecule has 0 aliphatic carbocycles. The number of carbonyl (C=O) groups is 2. The highest BCUT2D eigenvalue weighted by Gasteiger charge is 2.40. The largest absolute Gasteiger partial charge is 0.484 e. The summed E-state index contributed by atoms with van der Waals surface area (Å²) >= 11 is 0. The highest BCUT2D eigenvalue weighted by atomic mass is 31.3. The summed E-state index contributed by atoms with van der Waals surface area (Å²) in [6, 6.07) is 12.4. The molecule has 2 unspecified atom stereocenters. The van der Waals surface area contributed by atoms with Crippen molar-refractivity contribution >= 4 is 27.6 Å². The van der Waals surface area contributed by atoms with Crippen molar-refractivity contribution in [3.63, 3.8) is 0 Å². The second-order valence-electron chi connectivity index (χ2n) is 13.8. The quantitative estimate of drug-likeness (QED) is 0.0356. The first kappa shape index (κ1) is 46.0. The van der Waals surface area contributed by atoms with Gasteiger partial charge in [-0.25, -0.2) is 13.9 Å². The smallest absolute Gasteiger partial charge is 0.427 e. The van der Waals surface area contributed by atoms with Crippen LogP contribution in [0.1, 0.15) is 120 Å². The minimum Gasteiger partial charge on any atom is -0.427 e. The lowest BCUT2D eigenvalue weighted by Crippen LogP contribution is -2.33. The molecule has 18 heteroatoms. The van der Waals surface area contributed by atoms with E-state index in [0.717, 1.165) is 57.8 Å². The molecule has 0 saturated carbocycles. The van der Waals surface area contributed by atoms with E-state index in [1.807, 2.05) is 0 Å². The van der Waals surface area contributed by atoms with Gasteiger partial charge in [-0.2, -0.15) is 4.31 Å². The first-order chi connectivity index (χ1) is 27.3. The number of rotatable bonds is 25. The Kier molecular flexibility index (Phi) is 18.6. The van der Waals surface area contributed by atoms with Crippen LogP contribution in [0.25, 0.3) is 0 Å². The lowest BCUT2D eigenvalue weighted by atomic mass is 10.1. The van der Waals surface area contributed by atoms with E-state index in [9.17, 15) is 33.2 Å². The number of nitrogens with one attached hydrogen (secondary N) is 1. The number of hydrogen-bond acceptors (Lipinski definition) is 13. The molecule has 16 nitrogen and oxygen atoms in total. The topological polar surface area (TPSA) is 208 Å². The number of unbranched alkanes of at least 4 members (excludes halogenated alkanes) is 7. The maximum atomic E-state index is 13.9. The van der Waals surface area contributed by atoms with Crippen LogP contribution in [0, 0.1) is 6.92 Å². The first-order valence-electron chi connectivity index (χ1n) is 19.4. The molecule has 0 bridgehead atoms. The predicted molar refractivity (Wildman–Crippen MR) is 210 cm³/mol. The van der Waals surface area contributed by atoms with Crippen LogP contribution < -0.4 is 20.7 Å². The monoisotopic (exact) mass is 836 g/mol. The van der Waals surface area contributed by atoms with Gasteiger partial charge < -0.3 is 19.1 Å². The second-order valence-corrected chi connectivity index (χ2v) is 17.1. The van der Waals surface area contributed by atoms with Gasteiger partial charge in [-0.05, 0) is 68.0 Å². The Morgan fingerprint density at radius 1 is 0.772 bits per heavy atom. The van der Waals surface area contributed by atoms with E-state index in [1.165, 1.54) is 35.0 Å². The van der Waals surface area contributed by atoms with Gasteiger partial charge in [-0.1, -0.05) is 83.1 Å². The fraction of sp³-hybridized carbons (Fsp3) is 0.538. The fourth-order valence-corrected chi connectivity index (χ4v) is 8.39. The molecule has 1 aromatic heterocycles. The Labute approximate surface area is 332 Å². The molecule has 1 fully saturated rings. The van der Waals surface area contributed by atoms with Crippen LogP contribution in [0.3, 0.4) is 0 Å². The van der Waals surface area contributed by atoms with Gasteiger partial charge in [-0.15, -0.1) is 0 Å². The molecule has 1 saturated heterocycles. The Morgan fingerprint density at radius 3 is 1.81 bits per heavy atom. The third kappa shape index (κ3) is 16.2. The zero-order valence-corrected chi connectivity index (χ0v) is 34.5. The van der Waals surface area contributed by atoms with Crippen LogP contribution in [-0.4, -0.2) is 39.1 Å². The number of esters is 2. The van der Waals surface area contributed by atoms with E-state index in [4.69, 9.17) is 32.1 Å². The number of phosphoric acid groups is 2. The van der Waals surface area contributed by atoms with Crippen molar-refractivity contribution in [3.05, 3.63) is 92.3 Å². The summed E-state index contributed by atoms with van der Waals surface area (Å²) in [5, 5.41) is 0. The van der Waals surface area contributed by atoms with Crippen LogP contribution in [0.2, 0.25) is 0 Å². The van der Waals surface area contributed by atoms with Gasteiger partial charge in [0, 0.05) is 24.6 Å². The van der Waals surface area contributed by atoms with E-state index < -0.39 is 59.0 Å². The number of aromatic nitrogens is 2. The fourth-order valence-electron chi connectivity index (χ4n) is 5.77. The summed E-state index contributed by atoms with van der Waals surface area (Å²) in [5.74, 6) is -0.0962. The van der Waals surface area contributed by atoms with Crippen LogP contribution >= 0.6 is 15.6 Å². The van der Waals surface area contributed by atoms with Crippen LogP contribution in [0.4, 0.5) is 0 Å². The number of aryl methyl sites for hydroxylation is 1. The maximum Gasteiger partial charge on any atom is 0.484 e. The molecule has 2 N–H and O–H groups in total. The summed E-state index contributed by atoms with van der Waals surface area (Å²) in [5.41, 5.74) is 0.0230. The van der Waals surface area contributed by atoms with Gasteiger partial charge in [0.05, 0.1) is 25.9 Å². The number of phosphoric ester groups is 2. The molecule has 314 valence electrons. The Balaban J connectivity index is 1.37. The first-order valence-corrected chi connectivity index (χ1v) is 22.4. The highest BCUT2D eigenvalue weighted by Crippen LogP contribution is 2.64. The van der Waals surface area contributed by atoms with Gasteiger partial charge in [0.15, 0.2) is 0 Å². The van der Waals surface area contributed by atoms with Crippen LogP contribution in [-0.2, 0) is 54.6 Å². The SMILES string of the molecule is CCCCCCCC(=O)Oc1ccc(COP(=O)(OCc2ccc(OC(=O)CCCCCC)cc2)OP(=O)(O)OC[C@@H]2CC[C@H](n3cc(C)c(=O)[nH]c3=O)O2)cc1. The highest BCUT2D eigenvalue weighted by molar-refractivity contribution is 7.61. The number of hydrogen-bond donors (Lipinski definition) is 2.